The third-order valence-corrected chi connectivity index (χ3v) is 4.50. The molecule has 3 rings (SSSR count). The van der Waals surface area contributed by atoms with E-state index in [1.54, 1.807) is 0 Å². The van der Waals surface area contributed by atoms with Crippen molar-refractivity contribution in [3.63, 3.8) is 0 Å². The highest BCUT2D eigenvalue weighted by atomic mass is 16.4. The minimum atomic E-state index is -1.09. The standard InChI is InChI=1S/C19H22N4O3/c24-18(8-7-15-5-2-1-3-6-15)23-10-4-9-22(11-12-23)17-14-20-16(13-21-17)19(25)26/h1-3,5-6,13-14H,4,7-12H2,(H,25,26). The Bertz CT molecular complexity index is 749. The molecule has 2 aromatic rings. The van der Waals surface area contributed by atoms with E-state index in [0.717, 1.165) is 25.9 Å². The van der Waals surface area contributed by atoms with Gasteiger partial charge in [-0.1, -0.05) is 30.3 Å². The van der Waals surface area contributed by atoms with Crippen molar-refractivity contribution in [1.82, 2.24) is 14.9 Å². The fourth-order valence-corrected chi connectivity index (χ4v) is 3.04. The van der Waals surface area contributed by atoms with Gasteiger partial charge in [0.25, 0.3) is 0 Å². The molecule has 1 saturated heterocycles. The molecule has 26 heavy (non-hydrogen) atoms. The van der Waals surface area contributed by atoms with Gasteiger partial charge in [-0.2, -0.15) is 0 Å². The van der Waals surface area contributed by atoms with E-state index in [1.807, 2.05) is 40.1 Å². The molecule has 0 aliphatic carbocycles. The lowest BCUT2D eigenvalue weighted by Crippen LogP contribution is -2.35. The molecule has 2 heterocycles. The average Bonchev–Trinajstić information content (AvgIpc) is 2.93. The number of hydrogen-bond acceptors (Lipinski definition) is 5. The fraction of sp³-hybridized carbons (Fsp3) is 0.368. The van der Waals surface area contributed by atoms with E-state index >= 15 is 0 Å². The summed E-state index contributed by atoms with van der Waals surface area (Å²) in [7, 11) is 0. The zero-order chi connectivity index (χ0) is 18.4. The summed E-state index contributed by atoms with van der Waals surface area (Å²) < 4.78 is 0. The first kappa shape index (κ1) is 17.8. The molecule has 1 aromatic heterocycles. The van der Waals surface area contributed by atoms with Crippen LogP contribution in [0.15, 0.2) is 42.7 Å². The van der Waals surface area contributed by atoms with Gasteiger partial charge in [0.2, 0.25) is 5.91 Å². The highest BCUT2D eigenvalue weighted by molar-refractivity contribution is 5.84. The maximum absolute atomic E-state index is 12.5. The summed E-state index contributed by atoms with van der Waals surface area (Å²) in [6.07, 6.45) is 4.86. The summed E-state index contributed by atoms with van der Waals surface area (Å²) in [5.74, 6) is -0.272. The molecular weight excluding hydrogens is 332 g/mol. The molecule has 0 saturated carbocycles. The van der Waals surface area contributed by atoms with Crippen molar-refractivity contribution in [2.75, 3.05) is 31.1 Å². The number of carbonyl (C=O) groups is 2. The number of aryl methyl sites for hydroxylation is 1. The maximum Gasteiger partial charge on any atom is 0.356 e. The largest absolute Gasteiger partial charge is 0.476 e. The normalized spacial score (nSPS) is 14.8. The van der Waals surface area contributed by atoms with Gasteiger partial charge in [0, 0.05) is 32.6 Å². The Morgan fingerprint density at radius 2 is 1.81 bits per heavy atom. The van der Waals surface area contributed by atoms with Gasteiger partial charge in [0.15, 0.2) is 5.69 Å². The molecular formula is C19H22N4O3. The zero-order valence-corrected chi connectivity index (χ0v) is 14.5. The fourth-order valence-electron chi connectivity index (χ4n) is 3.04. The van der Waals surface area contributed by atoms with Crippen molar-refractivity contribution < 1.29 is 14.7 Å². The second-order valence-corrected chi connectivity index (χ2v) is 6.27. The van der Waals surface area contributed by atoms with Gasteiger partial charge in [0.1, 0.15) is 5.82 Å². The molecule has 0 bridgehead atoms. The van der Waals surface area contributed by atoms with Gasteiger partial charge < -0.3 is 14.9 Å². The smallest absolute Gasteiger partial charge is 0.356 e. The summed E-state index contributed by atoms with van der Waals surface area (Å²) in [6.45, 7) is 2.79. The molecule has 0 unspecified atom stereocenters. The lowest BCUT2D eigenvalue weighted by molar-refractivity contribution is -0.130. The summed E-state index contributed by atoms with van der Waals surface area (Å²) in [6, 6.07) is 10.0. The summed E-state index contributed by atoms with van der Waals surface area (Å²) in [5, 5.41) is 8.90. The van der Waals surface area contributed by atoms with E-state index in [0.29, 0.717) is 25.3 Å². The van der Waals surface area contributed by atoms with Gasteiger partial charge in [-0.25, -0.2) is 14.8 Å². The number of aromatic carboxylic acids is 1. The van der Waals surface area contributed by atoms with Crippen LogP contribution in [0.3, 0.4) is 0 Å². The number of amides is 1. The number of aromatic nitrogens is 2. The van der Waals surface area contributed by atoms with Crippen molar-refractivity contribution in [1.29, 1.82) is 0 Å². The van der Waals surface area contributed by atoms with Crippen LogP contribution < -0.4 is 4.90 Å². The molecule has 1 N–H and O–H groups in total. The minimum Gasteiger partial charge on any atom is -0.476 e. The Morgan fingerprint density at radius 3 is 2.50 bits per heavy atom. The third-order valence-electron chi connectivity index (χ3n) is 4.50. The first-order chi connectivity index (χ1) is 12.6. The molecule has 1 fully saturated rings. The minimum absolute atomic E-state index is 0.0683. The highest BCUT2D eigenvalue weighted by Crippen LogP contribution is 2.14. The number of carboxylic acid groups (broad SMARTS) is 1. The maximum atomic E-state index is 12.5. The number of carboxylic acids is 1. The second kappa shape index (κ2) is 8.42. The molecule has 7 nitrogen and oxygen atoms in total. The lowest BCUT2D eigenvalue weighted by atomic mass is 10.1. The van der Waals surface area contributed by atoms with Crippen molar-refractivity contribution in [2.45, 2.75) is 19.3 Å². The first-order valence-corrected chi connectivity index (χ1v) is 8.75. The molecule has 0 spiro atoms. The molecule has 1 amide bonds. The molecule has 1 aliphatic rings. The van der Waals surface area contributed by atoms with Crippen molar-refractivity contribution in [2.24, 2.45) is 0 Å². The predicted octanol–water partition coefficient (Wildman–Crippen LogP) is 1.85. The predicted molar refractivity (Wildman–Crippen MR) is 97.2 cm³/mol. The summed E-state index contributed by atoms with van der Waals surface area (Å²) >= 11 is 0. The summed E-state index contributed by atoms with van der Waals surface area (Å²) in [4.78, 5) is 35.4. The highest BCUT2D eigenvalue weighted by Gasteiger charge is 2.20. The molecule has 136 valence electrons. The van der Waals surface area contributed by atoms with E-state index in [2.05, 4.69) is 9.97 Å². The van der Waals surface area contributed by atoms with Crippen LogP contribution in [0.1, 0.15) is 28.9 Å². The van der Waals surface area contributed by atoms with E-state index in [9.17, 15) is 9.59 Å². The van der Waals surface area contributed by atoms with Crippen LogP contribution in [0, 0.1) is 0 Å². The Morgan fingerprint density at radius 1 is 1.00 bits per heavy atom. The number of rotatable bonds is 5. The Hall–Kier alpha value is -2.96. The molecule has 0 atom stereocenters. The second-order valence-electron chi connectivity index (χ2n) is 6.27. The van der Waals surface area contributed by atoms with E-state index in [1.165, 1.54) is 18.0 Å². The van der Waals surface area contributed by atoms with Gasteiger partial charge in [0.05, 0.1) is 12.4 Å². The number of benzene rings is 1. The van der Waals surface area contributed by atoms with Crippen LogP contribution in [0.4, 0.5) is 5.82 Å². The van der Waals surface area contributed by atoms with Crippen LogP contribution in [-0.2, 0) is 11.2 Å². The van der Waals surface area contributed by atoms with Crippen molar-refractivity contribution >= 4 is 17.7 Å². The van der Waals surface area contributed by atoms with Crippen LogP contribution >= 0.6 is 0 Å². The SMILES string of the molecule is O=C(O)c1cnc(N2CCCN(C(=O)CCc3ccccc3)CC2)cn1. The molecule has 0 radical (unpaired) electrons. The van der Waals surface area contributed by atoms with Crippen LogP contribution in [0.25, 0.3) is 0 Å². The molecule has 7 heteroatoms. The van der Waals surface area contributed by atoms with E-state index in [-0.39, 0.29) is 11.6 Å². The van der Waals surface area contributed by atoms with Gasteiger partial charge >= 0.3 is 5.97 Å². The van der Waals surface area contributed by atoms with Crippen molar-refractivity contribution in [3.8, 4) is 0 Å². The van der Waals surface area contributed by atoms with E-state index in [4.69, 9.17) is 5.11 Å². The number of anilines is 1. The number of nitrogens with zero attached hydrogens (tertiary/aromatic N) is 4. The Balaban J connectivity index is 1.54. The van der Waals surface area contributed by atoms with Crippen LogP contribution in [-0.4, -0.2) is 58.0 Å². The lowest BCUT2D eigenvalue weighted by Gasteiger charge is -2.22. The van der Waals surface area contributed by atoms with Gasteiger partial charge in [-0.05, 0) is 18.4 Å². The van der Waals surface area contributed by atoms with E-state index < -0.39 is 5.97 Å². The third kappa shape index (κ3) is 4.56. The zero-order valence-electron chi connectivity index (χ0n) is 14.5. The van der Waals surface area contributed by atoms with Gasteiger partial charge in [-0.15, -0.1) is 0 Å². The Kier molecular flexibility index (Phi) is 5.78. The monoisotopic (exact) mass is 354 g/mol. The first-order valence-electron chi connectivity index (χ1n) is 8.75. The van der Waals surface area contributed by atoms with Crippen molar-refractivity contribution in [3.05, 3.63) is 54.0 Å². The van der Waals surface area contributed by atoms with Gasteiger partial charge in [-0.3, -0.25) is 4.79 Å². The molecule has 1 aromatic carbocycles. The summed E-state index contributed by atoms with van der Waals surface area (Å²) in [5.41, 5.74) is 1.10. The van der Waals surface area contributed by atoms with Crippen LogP contribution in [0.2, 0.25) is 0 Å². The number of hydrogen-bond donors (Lipinski definition) is 1. The Labute approximate surface area is 152 Å². The molecule has 1 aliphatic heterocycles. The number of carbonyl (C=O) groups excluding carboxylic acids is 1. The van der Waals surface area contributed by atoms with Crippen LogP contribution in [0.5, 0.6) is 0 Å². The topological polar surface area (TPSA) is 86.6 Å². The average molecular weight is 354 g/mol. The quantitative estimate of drug-likeness (QED) is 0.882.